The first kappa shape index (κ1) is 30.6. The fourth-order valence-electron chi connectivity index (χ4n) is 3.50. The fraction of sp³-hybridized carbons (Fsp3) is 0.346. The molecule has 4 atom stereocenters. The van der Waals surface area contributed by atoms with Crippen LogP contribution < -0.4 is 21.9 Å². The molecule has 0 aliphatic carbocycles. The van der Waals surface area contributed by atoms with E-state index in [0.29, 0.717) is 17.4 Å². The molecule has 2 aromatic rings. The standard InChI is InChI=1S/C26H32N4O7S/c27-20(10-11-23(33)34)24(35)25(36)21(12-16-4-2-1-3-5-16)28-26(37)22(30-29-18(14-31)15-38)13-17-6-8-19(32)9-7-17/h1-9,14,18,20-22,29-30,32,38H,10-13,15,27H2,(H,28,37)(H,33,34)/t18-,20+,21+,22+/m1/s1. The van der Waals surface area contributed by atoms with Crippen molar-refractivity contribution in [3.8, 4) is 5.75 Å². The van der Waals surface area contributed by atoms with Crippen LogP contribution in [0.25, 0.3) is 0 Å². The molecule has 0 saturated heterocycles. The summed E-state index contributed by atoms with van der Waals surface area (Å²) in [4.78, 5) is 61.3. The Kier molecular flexibility index (Phi) is 12.6. The van der Waals surface area contributed by atoms with Crippen LogP contribution in [0.3, 0.4) is 0 Å². The summed E-state index contributed by atoms with van der Waals surface area (Å²) in [7, 11) is 0. The summed E-state index contributed by atoms with van der Waals surface area (Å²) < 4.78 is 0. The predicted molar refractivity (Wildman–Crippen MR) is 143 cm³/mol. The number of nitrogens with two attached hydrogens (primary N) is 1. The normalized spacial score (nSPS) is 14.1. The number of ketones is 2. The molecule has 0 radical (unpaired) electrons. The number of carboxylic acids is 1. The highest BCUT2D eigenvalue weighted by Crippen LogP contribution is 2.12. The Labute approximate surface area is 225 Å². The maximum absolute atomic E-state index is 13.4. The number of benzene rings is 2. The van der Waals surface area contributed by atoms with Crippen LogP contribution in [0.4, 0.5) is 0 Å². The molecule has 0 heterocycles. The van der Waals surface area contributed by atoms with Gasteiger partial charge in [-0.3, -0.25) is 19.2 Å². The molecule has 0 aromatic heterocycles. The number of hydrazine groups is 1. The number of aldehydes is 1. The second kappa shape index (κ2) is 15.6. The van der Waals surface area contributed by atoms with E-state index in [1.165, 1.54) is 12.1 Å². The summed E-state index contributed by atoms with van der Waals surface area (Å²) in [5, 5.41) is 21.0. The topological polar surface area (TPSA) is 188 Å². The van der Waals surface area contributed by atoms with Gasteiger partial charge in [0.15, 0.2) is 0 Å². The Morgan fingerprint density at radius 3 is 2.08 bits per heavy atom. The number of carbonyl (C=O) groups is 5. The number of Topliss-reactive ketones (excluding diaryl/α,β-unsaturated/α-hetero) is 2. The van der Waals surface area contributed by atoms with E-state index in [2.05, 4.69) is 28.8 Å². The number of phenols is 1. The molecule has 12 heteroatoms. The van der Waals surface area contributed by atoms with Crippen LogP contribution in [0.5, 0.6) is 5.75 Å². The van der Waals surface area contributed by atoms with Crippen molar-refractivity contribution in [2.75, 3.05) is 5.75 Å². The Balaban J connectivity index is 2.27. The van der Waals surface area contributed by atoms with Gasteiger partial charge in [0.25, 0.3) is 0 Å². The maximum atomic E-state index is 13.4. The zero-order valence-electron chi connectivity index (χ0n) is 20.6. The highest BCUT2D eigenvalue weighted by molar-refractivity contribution is 7.80. The van der Waals surface area contributed by atoms with Gasteiger partial charge in [-0.2, -0.15) is 12.6 Å². The molecule has 0 aliphatic rings. The van der Waals surface area contributed by atoms with Crippen molar-refractivity contribution in [3.63, 3.8) is 0 Å². The lowest BCUT2D eigenvalue weighted by Gasteiger charge is -2.25. The average molecular weight is 545 g/mol. The van der Waals surface area contributed by atoms with Crippen molar-refractivity contribution in [2.24, 2.45) is 5.73 Å². The number of carbonyl (C=O) groups excluding carboxylic acids is 4. The molecule has 0 fully saturated rings. The molecule has 0 aliphatic heterocycles. The van der Waals surface area contributed by atoms with Crippen molar-refractivity contribution >= 4 is 42.4 Å². The molecule has 0 spiro atoms. The summed E-state index contributed by atoms with van der Waals surface area (Å²) in [5.74, 6) is -3.52. The van der Waals surface area contributed by atoms with Gasteiger partial charge < -0.3 is 26.1 Å². The van der Waals surface area contributed by atoms with E-state index in [4.69, 9.17) is 10.8 Å². The Morgan fingerprint density at radius 2 is 1.50 bits per heavy atom. The molecule has 204 valence electrons. The van der Waals surface area contributed by atoms with Crippen molar-refractivity contribution in [3.05, 3.63) is 65.7 Å². The lowest BCUT2D eigenvalue weighted by atomic mass is 9.95. The number of hydrogen-bond acceptors (Lipinski definition) is 10. The van der Waals surface area contributed by atoms with Crippen molar-refractivity contribution in [1.82, 2.24) is 16.2 Å². The third kappa shape index (κ3) is 10.1. The first-order chi connectivity index (χ1) is 18.1. The van der Waals surface area contributed by atoms with Gasteiger partial charge >= 0.3 is 5.97 Å². The largest absolute Gasteiger partial charge is 0.508 e. The average Bonchev–Trinajstić information content (AvgIpc) is 2.91. The maximum Gasteiger partial charge on any atom is 0.303 e. The van der Waals surface area contributed by atoms with Gasteiger partial charge in [0, 0.05) is 18.6 Å². The molecular formula is C26H32N4O7S. The minimum atomic E-state index is -1.33. The third-order valence-electron chi connectivity index (χ3n) is 5.66. The number of thiol groups is 1. The molecule has 0 saturated carbocycles. The van der Waals surface area contributed by atoms with Gasteiger partial charge in [0.1, 0.15) is 18.1 Å². The van der Waals surface area contributed by atoms with Gasteiger partial charge in [-0.25, -0.2) is 10.9 Å². The van der Waals surface area contributed by atoms with Crippen LogP contribution in [0.15, 0.2) is 54.6 Å². The van der Waals surface area contributed by atoms with Crippen LogP contribution >= 0.6 is 12.6 Å². The number of aliphatic carboxylic acids is 1. The minimum Gasteiger partial charge on any atom is -0.508 e. The van der Waals surface area contributed by atoms with Crippen LogP contribution in [0, 0.1) is 0 Å². The molecule has 0 bridgehead atoms. The number of carboxylic acid groups (broad SMARTS) is 1. The second-order valence-electron chi connectivity index (χ2n) is 8.66. The molecule has 1 amide bonds. The number of hydrogen-bond donors (Lipinski definition) is 7. The van der Waals surface area contributed by atoms with Crippen molar-refractivity contribution < 1.29 is 34.2 Å². The summed E-state index contributed by atoms with van der Waals surface area (Å²) in [5.41, 5.74) is 12.6. The van der Waals surface area contributed by atoms with Gasteiger partial charge in [-0.1, -0.05) is 42.5 Å². The van der Waals surface area contributed by atoms with Crippen LogP contribution in [-0.4, -0.2) is 69.9 Å². The molecule has 0 unspecified atom stereocenters. The number of nitrogens with one attached hydrogen (secondary N) is 3. The van der Waals surface area contributed by atoms with E-state index in [1.807, 2.05) is 0 Å². The quantitative estimate of drug-likeness (QED) is 0.0616. The zero-order valence-corrected chi connectivity index (χ0v) is 21.5. The van der Waals surface area contributed by atoms with E-state index in [1.54, 1.807) is 42.5 Å². The van der Waals surface area contributed by atoms with Gasteiger partial charge in [0.05, 0.1) is 18.1 Å². The van der Waals surface area contributed by atoms with Gasteiger partial charge in [0.2, 0.25) is 17.5 Å². The predicted octanol–water partition coefficient (Wildman–Crippen LogP) is -0.0474. The van der Waals surface area contributed by atoms with E-state index in [0.717, 1.165) is 0 Å². The minimum absolute atomic E-state index is 0.00420. The molecular weight excluding hydrogens is 512 g/mol. The Hall–Kier alpha value is -3.58. The summed E-state index contributed by atoms with van der Waals surface area (Å²) in [6, 6.07) is 10.6. The number of rotatable bonds is 17. The van der Waals surface area contributed by atoms with Gasteiger partial charge in [-0.15, -0.1) is 0 Å². The smallest absolute Gasteiger partial charge is 0.303 e. The van der Waals surface area contributed by atoms with E-state index >= 15 is 0 Å². The van der Waals surface area contributed by atoms with Crippen molar-refractivity contribution in [1.29, 1.82) is 0 Å². The van der Waals surface area contributed by atoms with Crippen LogP contribution in [0.2, 0.25) is 0 Å². The first-order valence-corrected chi connectivity index (χ1v) is 12.5. The Morgan fingerprint density at radius 1 is 0.895 bits per heavy atom. The molecule has 2 aromatic carbocycles. The SMILES string of the molecule is N[C@@H](CCC(=O)O)C(=O)C(=O)[C@H](Cc1ccccc1)NC(=O)[C@H](Cc1ccc(O)cc1)NN[C@H](C=O)CS. The monoisotopic (exact) mass is 544 g/mol. The lowest BCUT2D eigenvalue weighted by Crippen LogP contribution is -2.58. The van der Waals surface area contributed by atoms with Gasteiger partial charge in [-0.05, 0) is 36.1 Å². The number of amides is 1. The fourth-order valence-corrected chi connectivity index (χ4v) is 3.68. The van der Waals surface area contributed by atoms with E-state index in [-0.39, 0.29) is 37.2 Å². The molecule has 2 rings (SSSR count). The first-order valence-electron chi connectivity index (χ1n) is 11.9. The zero-order chi connectivity index (χ0) is 28.1. The highest BCUT2D eigenvalue weighted by atomic mass is 32.1. The lowest BCUT2D eigenvalue weighted by molar-refractivity contribution is -0.140. The molecule has 7 N–H and O–H groups in total. The van der Waals surface area contributed by atoms with Crippen LogP contribution in [-0.2, 0) is 36.8 Å². The highest BCUT2D eigenvalue weighted by Gasteiger charge is 2.32. The summed E-state index contributed by atoms with van der Waals surface area (Å²) in [6.07, 6.45) is 0.112. The molecule has 11 nitrogen and oxygen atoms in total. The summed E-state index contributed by atoms with van der Waals surface area (Å²) in [6.45, 7) is 0. The Bertz CT molecular complexity index is 1100. The second-order valence-corrected chi connectivity index (χ2v) is 9.02. The third-order valence-corrected chi connectivity index (χ3v) is 6.05. The number of aromatic hydroxyl groups is 1. The van der Waals surface area contributed by atoms with Crippen molar-refractivity contribution in [2.45, 2.75) is 49.9 Å². The van der Waals surface area contributed by atoms with E-state index in [9.17, 15) is 29.1 Å². The van der Waals surface area contributed by atoms with E-state index < -0.39 is 47.6 Å². The summed E-state index contributed by atoms with van der Waals surface area (Å²) >= 11 is 4.08. The molecule has 38 heavy (non-hydrogen) atoms. The number of phenolic OH excluding ortho intramolecular Hbond substituents is 1. The van der Waals surface area contributed by atoms with Crippen LogP contribution in [0.1, 0.15) is 24.0 Å².